The highest BCUT2D eigenvalue weighted by molar-refractivity contribution is 4.78. The van der Waals surface area contributed by atoms with Gasteiger partial charge < -0.3 is 15.0 Å². The van der Waals surface area contributed by atoms with Crippen molar-refractivity contribution in [2.45, 2.75) is 0 Å². The molecule has 3 nitrogen and oxygen atoms in total. The Morgan fingerprint density at radius 2 is 2.75 bits per heavy atom. The van der Waals surface area contributed by atoms with E-state index in [4.69, 9.17) is 4.74 Å². The van der Waals surface area contributed by atoms with Gasteiger partial charge in [-0.25, -0.2) is 0 Å². The van der Waals surface area contributed by atoms with Crippen LogP contribution >= 0.6 is 0 Å². The molecular formula is C5H10N2O. The quantitative estimate of drug-likeness (QED) is 0.543. The molecule has 46 valence electrons. The van der Waals surface area contributed by atoms with Gasteiger partial charge in [0.25, 0.3) is 0 Å². The van der Waals surface area contributed by atoms with Crippen molar-refractivity contribution in [2.24, 2.45) is 0 Å². The molecule has 0 atom stereocenters. The van der Waals surface area contributed by atoms with Gasteiger partial charge in [-0.15, -0.1) is 0 Å². The SMILES string of the molecule is CNCN1C=COC1. The average Bonchev–Trinajstić information content (AvgIpc) is 2.19. The largest absolute Gasteiger partial charge is 0.479 e. The van der Waals surface area contributed by atoms with Crippen molar-refractivity contribution in [3.05, 3.63) is 12.5 Å². The molecule has 0 aromatic heterocycles. The van der Waals surface area contributed by atoms with Crippen LogP contribution in [0.1, 0.15) is 0 Å². The van der Waals surface area contributed by atoms with Gasteiger partial charge in [0.1, 0.15) is 6.26 Å². The summed E-state index contributed by atoms with van der Waals surface area (Å²) in [6.45, 7) is 1.54. The van der Waals surface area contributed by atoms with Crippen LogP contribution in [0.4, 0.5) is 0 Å². The van der Waals surface area contributed by atoms with E-state index in [9.17, 15) is 0 Å². The first kappa shape index (κ1) is 5.44. The summed E-state index contributed by atoms with van der Waals surface area (Å²) in [6.07, 6.45) is 3.60. The second-order valence-corrected chi connectivity index (χ2v) is 1.68. The third-order valence-electron chi connectivity index (χ3n) is 0.969. The highest BCUT2D eigenvalue weighted by Gasteiger charge is 2.00. The van der Waals surface area contributed by atoms with Crippen molar-refractivity contribution < 1.29 is 4.74 Å². The lowest BCUT2D eigenvalue weighted by atomic mass is 10.8. The smallest absolute Gasteiger partial charge is 0.161 e. The Labute approximate surface area is 48.9 Å². The lowest BCUT2D eigenvalue weighted by molar-refractivity contribution is 0.166. The molecule has 0 bridgehead atoms. The summed E-state index contributed by atoms with van der Waals surface area (Å²) in [7, 11) is 1.91. The number of nitrogens with zero attached hydrogens (tertiary/aromatic N) is 1. The molecule has 1 heterocycles. The van der Waals surface area contributed by atoms with Crippen molar-refractivity contribution in [3.8, 4) is 0 Å². The molecule has 0 saturated heterocycles. The molecule has 1 rings (SSSR count). The van der Waals surface area contributed by atoms with E-state index in [0.29, 0.717) is 6.73 Å². The van der Waals surface area contributed by atoms with Crippen molar-refractivity contribution in [1.82, 2.24) is 10.2 Å². The maximum absolute atomic E-state index is 4.92. The minimum atomic E-state index is 0.681. The van der Waals surface area contributed by atoms with Gasteiger partial charge in [-0.05, 0) is 7.05 Å². The molecular weight excluding hydrogens is 104 g/mol. The Bertz CT molecular complexity index is 92.4. The predicted molar refractivity (Wildman–Crippen MR) is 30.9 cm³/mol. The van der Waals surface area contributed by atoms with Gasteiger partial charge in [0.15, 0.2) is 6.73 Å². The molecule has 0 spiro atoms. The molecule has 0 saturated carbocycles. The highest BCUT2D eigenvalue weighted by Crippen LogP contribution is 1.96. The van der Waals surface area contributed by atoms with Crippen LogP contribution < -0.4 is 5.32 Å². The molecule has 8 heavy (non-hydrogen) atoms. The Morgan fingerprint density at radius 1 is 1.88 bits per heavy atom. The summed E-state index contributed by atoms with van der Waals surface area (Å²) >= 11 is 0. The Kier molecular flexibility index (Phi) is 1.75. The normalized spacial score (nSPS) is 16.9. The molecule has 0 amide bonds. The van der Waals surface area contributed by atoms with Crippen LogP contribution in [0.2, 0.25) is 0 Å². The average molecular weight is 114 g/mol. The van der Waals surface area contributed by atoms with Gasteiger partial charge in [0.2, 0.25) is 0 Å². The van der Waals surface area contributed by atoms with Gasteiger partial charge >= 0.3 is 0 Å². The summed E-state index contributed by atoms with van der Waals surface area (Å²) in [6, 6.07) is 0. The van der Waals surface area contributed by atoms with E-state index < -0.39 is 0 Å². The van der Waals surface area contributed by atoms with Crippen LogP contribution in [-0.4, -0.2) is 25.3 Å². The van der Waals surface area contributed by atoms with Crippen LogP contribution in [0.25, 0.3) is 0 Å². The third-order valence-corrected chi connectivity index (χ3v) is 0.969. The Morgan fingerprint density at radius 3 is 3.25 bits per heavy atom. The highest BCUT2D eigenvalue weighted by atomic mass is 16.5. The van der Waals surface area contributed by atoms with E-state index in [0.717, 1.165) is 6.67 Å². The molecule has 0 fully saturated rings. The number of ether oxygens (including phenoxy) is 1. The van der Waals surface area contributed by atoms with Crippen LogP contribution in [0.15, 0.2) is 12.5 Å². The van der Waals surface area contributed by atoms with Crippen molar-refractivity contribution in [2.75, 3.05) is 20.4 Å². The zero-order valence-electron chi connectivity index (χ0n) is 4.92. The predicted octanol–water partition coefficient (Wildman–Crippen LogP) is -0.0758. The summed E-state index contributed by atoms with van der Waals surface area (Å²) in [5.41, 5.74) is 0. The summed E-state index contributed by atoms with van der Waals surface area (Å²) < 4.78 is 4.92. The van der Waals surface area contributed by atoms with Gasteiger partial charge in [-0.3, -0.25) is 0 Å². The van der Waals surface area contributed by atoms with Gasteiger partial charge in [0.05, 0.1) is 6.67 Å². The first-order valence-electron chi connectivity index (χ1n) is 2.60. The maximum atomic E-state index is 4.92. The minimum absolute atomic E-state index is 0.681. The van der Waals surface area contributed by atoms with Gasteiger partial charge in [-0.1, -0.05) is 0 Å². The van der Waals surface area contributed by atoms with Crippen LogP contribution in [0, 0.1) is 0 Å². The fraction of sp³-hybridized carbons (Fsp3) is 0.600. The lowest BCUT2D eigenvalue weighted by Crippen LogP contribution is -2.26. The fourth-order valence-corrected chi connectivity index (χ4v) is 0.612. The molecule has 0 aliphatic carbocycles. The molecule has 1 aliphatic rings. The van der Waals surface area contributed by atoms with Crippen molar-refractivity contribution in [1.29, 1.82) is 0 Å². The van der Waals surface area contributed by atoms with Crippen LogP contribution in [0.5, 0.6) is 0 Å². The van der Waals surface area contributed by atoms with E-state index in [-0.39, 0.29) is 0 Å². The molecule has 1 N–H and O–H groups in total. The summed E-state index contributed by atoms with van der Waals surface area (Å²) in [5, 5.41) is 3.00. The van der Waals surface area contributed by atoms with E-state index in [1.54, 1.807) is 6.26 Å². The number of rotatable bonds is 2. The van der Waals surface area contributed by atoms with Crippen LogP contribution in [0.3, 0.4) is 0 Å². The number of hydrogen-bond donors (Lipinski definition) is 1. The minimum Gasteiger partial charge on any atom is -0.479 e. The summed E-state index contributed by atoms with van der Waals surface area (Å²) in [5.74, 6) is 0. The molecule has 3 heteroatoms. The van der Waals surface area contributed by atoms with Gasteiger partial charge in [0, 0.05) is 6.20 Å². The topological polar surface area (TPSA) is 24.5 Å². The first-order chi connectivity index (χ1) is 3.93. The Balaban J connectivity index is 2.16. The molecule has 0 aromatic carbocycles. The molecule has 1 aliphatic heterocycles. The van der Waals surface area contributed by atoms with E-state index >= 15 is 0 Å². The van der Waals surface area contributed by atoms with Crippen molar-refractivity contribution in [3.63, 3.8) is 0 Å². The maximum Gasteiger partial charge on any atom is 0.161 e. The summed E-state index contributed by atoms with van der Waals surface area (Å²) in [4.78, 5) is 2.03. The van der Waals surface area contributed by atoms with Gasteiger partial charge in [-0.2, -0.15) is 0 Å². The first-order valence-corrected chi connectivity index (χ1v) is 2.60. The second-order valence-electron chi connectivity index (χ2n) is 1.68. The standard InChI is InChI=1S/C5H10N2O/c1-6-4-7-2-3-8-5-7/h2-3,6H,4-5H2,1H3. The zero-order valence-corrected chi connectivity index (χ0v) is 4.92. The second kappa shape index (κ2) is 2.57. The molecule has 0 unspecified atom stereocenters. The molecule has 0 aromatic rings. The third kappa shape index (κ3) is 1.13. The van der Waals surface area contributed by atoms with E-state index in [1.165, 1.54) is 0 Å². The van der Waals surface area contributed by atoms with Crippen LogP contribution in [-0.2, 0) is 4.74 Å². The number of nitrogens with one attached hydrogen (secondary N) is 1. The van der Waals surface area contributed by atoms with Crippen molar-refractivity contribution >= 4 is 0 Å². The molecule has 0 radical (unpaired) electrons. The fourth-order valence-electron chi connectivity index (χ4n) is 0.612. The monoisotopic (exact) mass is 114 g/mol. The number of hydrogen-bond acceptors (Lipinski definition) is 3. The lowest BCUT2D eigenvalue weighted by Gasteiger charge is -2.11. The van der Waals surface area contributed by atoms with E-state index in [1.807, 2.05) is 18.1 Å². The van der Waals surface area contributed by atoms with E-state index in [2.05, 4.69) is 5.32 Å². The zero-order chi connectivity index (χ0) is 5.82. The Hall–Kier alpha value is -0.700.